The molecule has 3 aromatic rings. The van der Waals surface area contributed by atoms with Crippen LogP contribution < -0.4 is 10.6 Å². The highest BCUT2D eigenvalue weighted by molar-refractivity contribution is 6.76. The van der Waals surface area contributed by atoms with E-state index in [1.807, 2.05) is 36.4 Å². The molecule has 12 nitrogen and oxygen atoms in total. The number of fused-ring (bicyclic) bond motifs is 3. The van der Waals surface area contributed by atoms with Crippen LogP contribution in [0.4, 0.5) is 16.6 Å². The number of piperidine rings is 1. The first-order valence-corrected chi connectivity index (χ1v) is 24.8. The molecule has 2 aliphatic heterocycles. The Labute approximate surface area is 287 Å². The third kappa shape index (κ3) is 9.33. The number of nitrogen functional groups attached to an aromatic ring is 1. The lowest BCUT2D eigenvalue weighted by Crippen LogP contribution is -2.48. The summed E-state index contributed by atoms with van der Waals surface area (Å²) in [6, 6.07) is 4.55. The van der Waals surface area contributed by atoms with Crippen LogP contribution in [0.1, 0.15) is 58.1 Å². The number of hydrogen-bond acceptors (Lipinski definition) is 10. The van der Waals surface area contributed by atoms with Gasteiger partial charge in [-0.15, -0.1) is 0 Å². The average Bonchev–Trinajstić information content (AvgIpc) is 3.52. The smallest absolute Gasteiger partial charge is 0.410 e. The molecule has 0 saturated carbocycles. The molecule has 0 aromatic carbocycles. The van der Waals surface area contributed by atoms with E-state index in [-0.39, 0.29) is 30.0 Å². The average molecular weight is 697 g/mol. The summed E-state index contributed by atoms with van der Waals surface area (Å²) in [6.45, 7) is 22.1. The van der Waals surface area contributed by atoms with Crippen molar-refractivity contribution in [1.82, 2.24) is 29.5 Å². The van der Waals surface area contributed by atoms with Gasteiger partial charge < -0.3 is 29.7 Å². The maximum atomic E-state index is 13.2. The fourth-order valence-corrected chi connectivity index (χ4v) is 7.90. The summed E-state index contributed by atoms with van der Waals surface area (Å²) in [7, 11) is -2.53. The number of aromatic nitrogens is 5. The van der Waals surface area contributed by atoms with Crippen LogP contribution in [-0.2, 0) is 14.2 Å². The van der Waals surface area contributed by atoms with Crippen LogP contribution in [0, 0.1) is 0 Å². The standard InChI is InChI=1S/C34H56N8O4Si2/c1-34(2,3)46-33(43)41-26-10-11-27(41)17-24(16-26)29-18-30(42-31(39-29)28(21-38-42)25-19-36-32(35)37-20-25)40(22-44-12-14-47(4,5)6)23-45-13-15-48(7,8)9/h18-21,24,26-27H,10-17,22-23H2,1-9H3,(H2,35,36,37)/t24-,26+,27-. The number of nitrogens with zero attached hydrogens (tertiary/aromatic N) is 7. The van der Waals surface area contributed by atoms with E-state index >= 15 is 0 Å². The van der Waals surface area contributed by atoms with Crippen molar-refractivity contribution in [2.75, 3.05) is 37.3 Å². The molecule has 2 aliphatic rings. The first kappa shape index (κ1) is 36.2. The van der Waals surface area contributed by atoms with Crippen LogP contribution in [0.5, 0.6) is 0 Å². The lowest BCUT2D eigenvalue weighted by molar-refractivity contribution is 0.00569. The van der Waals surface area contributed by atoms with Crippen molar-refractivity contribution in [3.63, 3.8) is 0 Å². The van der Waals surface area contributed by atoms with E-state index in [9.17, 15) is 4.79 Å². The molecule has 2 N–H and O–H groups in total. The van der Waals surface area contributed by atoms with Gasteiger partial charge in [-0.1, -0.05) is 39.3 Å². The fraction of sp³-hybridized carbons (Fsp3) is 0.676. The van der Waals surface area contributed by atoms with Crippen molar-refractivity contribution >= 4 is 39.7 Å². The highest BCUT2D eigenvalue weighted by Crippen LogP contribution is 2.44. The summed E-state index contributed by atoms with van der Waals surface area (Å²) < 4.78 is 20.3. The van der Waals surface area contributed by atoms with Gasteiger partial charge in [-0.25, -0.2) is 19.7 Å². The van der Waals surface area contributed by atoms with Crippen molar-refractivity contribution in [2.24, 2.45) is 0 Å². The van der Waals surface area contributed by atoms with Gasteiger partial charge in [-0.3, -0.25) is 0 Å². The van der Waals surface area contributed by atoms with Gasteiger partial charge in [-0.2, -0.15) is 9.61 Å². The second kappa shape index (κ2) is 14.4. The van der Waals surface area contributed by atoms with Crippen molar-refractivity contribution in [3.05, 3.63) is 30.4 Å². The fourth-order valence-electron chi connectivity index (χ4n) is 6.39. The van der Waals surface area contributed by atoms with Gasteiger partial charge in [0.2, 0.25) is 5.95 Å². The maximum absolute atomic E-state index is 13.2. The molecule has 2 bridgehead atoms. The summed E-state index contributed by atoms with van der Waals surface area (Å²) >= 11 is 0. The van der Waals surface area contributed by atoms with Gasteiger partial charge in [0.25, 0.3) is 0 Å². The molecule has 5 heterocycles. The van der Waals surface area contributed by atoms with Crippen molar-refractivity contribution < 1.29 is 19.0 Å². The molecule has 14 heteroatoms. The molecule has 0 aliphatic carbocycles. The number of ether oxygens (including phenoxy) is 3. The van der Waals surface area contributed by atoms with Crippen LogP contribution in [0.15, 0.2) is 24.7 Å². The van der Waals surface area contributed by atoms with Gasteiger partial charge >= 0.3 is 6.09 Å². The molecule has 48 heavy (non-hydrogen) atoms. The molecule has 3 aromatic heterocycles. The summed E-state index contributed by atoms with van der Waals surface area (Å²) in [5.41, 5.74) is 8.60. The second-order valence-corrected chi connectivity index (χ2v) is 28.1. The molecule has 0 unspecified atom stereocenters. The van der Waals surface area contributed by atoms with Crippen LogP contribution in [0.2, 0.25) is 51.4 Å². The zero-order chi connectivity index (χ0) is 34.9. The van der Waals surface area contributed by atoms with E-state index in [4.69, 9.17) is 30.0 Å². The molecular formula is C34H56N8O4Si2. The molecule has 1 amide bonds. The number of anilines is 2. The summed E-state index contributed by atoms with van der Waals surface area (Å²) in [5, 5.41) is 4.83. The monoisotopic (exact) mass is 696 g/mol. The molecule has 264 valence electrons. The van der Waals surface area contributed by atoms with Crippen LogP contribution in [0.25, 0.3) is 16.8 Å². The Morgan fingerprint density at radius 1 is 0.938 bits per heavy atom. The van der Waals surface area contributed by atoms with E-state index in [0.717, 1.165) is 60.4 Å². The highest BCUT2D eigenvalue weighted by Gasteiger charge is 2.45. The first-order valence-electron chi connectivity index (χ1n) is 17.4. The summed E-state index contributed by atoms with van der Waals surface area (Å²) in [5.74, 6) is 1.24. The first-order chi connectivity index (χ1) is 22.5. The molecule has 2 saturated heterocycles. The number of nitrogens with two attached hydrogens (primary N) is 1. The maximum Gasteiger partial charge on any atom is 0.410 e. The Kier molecular flexibility index (Phi) is 10.9. The minimum Gasteiger partial charge on any atom is -0.444 e. The number of rotatable bonds is 13. The SMILES string of the molecule is CC(C)(C)OC(=O)N1[C@@H]2CC[C@H]1C[C@@H](c1cc(N(COCC[Si](C)(C)C)COCC[Si](C)(C)C)n3ncc(-c4cnc(N)nc4)c3n1)C2. The zero-order valence-corrected chi connectivity index (χ0v) is 32.5. The lowest BCUT2D eigenvalue weighted by Gasteiger charge is -2.39. The molecule has 2 fully saturated rings. The molecule has 5 rings (SSSR count). The van der Waals surface area contributed by atoms with Crippen LogP contribution in [-0.4, -0.2) is 96.1 Å². The van der Waals surface area contributed by atoms with Gasteiger partial charge in [0, 0.05) is 82.6 Å². The van der Waals surface area contributed by atoms with E-state index in [1.165, 1.54) is 0 Å². The number of hydrogen-bond donors (Lipinski definition) is 1. The predicted molar refractivity (Wildman–Crippen MR) is 196 cm³/mol. The Bertz CT molecular complexity index is 1510. The van der Waals surface area contributed by atoms with Gasteiger partial charge in [0.05, 0.1) is 6.20 Å². The quantitative estimate of drug-likeness (QED) is 0.115. The van der Waals surface area contributed by atoms with Crippen LogP contribution >= 0.6 is 0 Å². The lowest BCUT2D eigenvalue weighted by atomic mass is 9.88. The molecule has 0 radical (unpaired) electrons. The summed E-state index contributed by atoms with van der Waals surface area (Å²) in [6.07, 6.45) is 8.62. The Morgan fingerprint density at radius 3 is 2.02 bits per heavy atom. The Morgan fingerprint density at radius 2 is 1.50 bits per heavy atom. The Balaban J connectivity index is 1.50. The predicted octanol–water partition coefficient (Wildman–Crippen LogP) is 6.85. The minimum atomic E-state index is -1.26. The highest BCUT2D eigenvalue weighted by atomic mass is 28.3. The zero-order valence-electron chi connectivity index (χ0n) is 30.5. The Hall–Kier alpha value is -3.08. The second-order valence-electron chi connectivity index (χ2n) is 16.8. The molecule has 3 atom stereocenters. The van der Waals surface area contributed by atoms with E-state index in [0.29, 0.717) is 32.3 Å². The third-order valence-corrected chi connectivity index (χ3v) is 12.4. The molecular weight excluding hydrogens is 641 g/mol. The van der Waals surface area contributed by atoms with E-state index < -0.39 is 21.7 Å². The van der Waals surface area contributed by atoms with Gasteiger partial charge in [0.15, 0.2) is 5.65 Å². The van der Waals surface area contributed by atoms with Crippen molar-refractivity contribution in [3.8, 4) is 11.1 Å². The van der Waals surface area contributed by atoms with Crippen LogP contribution in [0.3, 0.4) is 0 Å². The summed E-state index contributed by atoms with van der Waals surface area (Å²) in [4.78, 5) is 31.1. The number of carbonyl (C=O) groups excluding carboxylic acids is 1. The van der Waals surface area contributed by atoms with Crippen molar-refractivity contribution in [2.45, 2.75) is 121 Å². The minimum absolute atomic E-state index is 0.117. The van der Waals surface area contributed by atoms with Crippen molar-refractivity contribution in [1.29, 1.82) is 0 Å². The van der Waals surface area contributed by atoms with E-state index in [1.54, 1.807) is 12.4 Å². The molecule has 0 spiro atoms. The number of carbonyl (C=O) groups is 1. The van der Waals surface area contributed by atoms with Gasteiger partial charge in [0.1, 0.15) is 24.9 Å². The van der Waals surface area contributed by atoms with E-state index in [2.05, 4.69) is 60.2 Å². The third-order valence-electron chi connectivity index (χ3n) is 9.02. The largest absolute Gasteiger partial charge is 0.444 e. The normalized spacial score (nSPS) is 20.0. The van der Waals surface area contributed by atoms with Gasteiger partial charge in [-0.05, 0) is 58.5 Å². The topological polar surface area (TPSA) is 133 Å². The number of amides is 1.